The van der Waals surface area contributed by atoms with Crippen LogP contribution in [0.4, 0.5) is 10.5 Å². The number of rotatable bonds is 8. The molecule has 0 radical (unpaired) electrons. The molecule has 30 heavy (non-hydrogen) atoms. The molecule has 0 spiro atoms. The lowest BCUT2D eigenvalue weighted by Gasteiger charge is -2.21. The average molecular weight is 408 g/mol. The number of carbonyl (C=O) groups is 3. The monoisotopic (exact) mass is 407 g/mol. The average Bonchev–Trinajstić information content (AvgIpc) is 2.96. The number of aryl methyl sites for hydroxylation is 1. The van der Waals surface area contributed by atoms with Gasteiger partial charge in [-0.3, -0.25) is 14.5 Å². The van der Waals surface area contributed by atoms with Gasteiger partial charge < -0.3 is 10.6 Å². The summed E-state index contributed by atoms with van der Waals surface area (Å²) in [6, 6.07) is 16.9. The van der Waals surface area contributed by atoms with Crippen LogP contribution in [0.3, 0.4) is 0 Å². The van der Waals surface area contributed by atoms with Crippen molar-refractivity contribution in [2.75, 3.05) is 11.9 Å². The predicted octanol–water partition coefficient (Wildman–Crippen LogP) is 4.08. The summed E-state index contributed by atoms with van der Waals surface area (Å²) in [6.45, 7) is 5.69. The molecule has 1 fully saturated rings. The van der Waals surface area contributed by atoms with Crippen molar-refractivity contribution in [1.82, 2.24) is 10.2 Å². The van der Waals surface area contributed by atoms with Crippen molar-refractivity contribution in [3.63, 3.8) is 0 Å². The van der Waals surface area contributed by atoms with Crippen LogP contribution in [-0.4, -0.2) is 34.8 Å². The SMILES string of the molecule is CC[C@@H](C)c1ccc(NC(=O)CN2C(=O)N[C@@](C)(CCc3ccccc3)C2=O)cc1. The maximum Gasteiger partial charge on any atom is 0.325 e. The molecule has 2 atom stereocenters. The molecule has 0 aliphatic carbocycles. The van der Waals surface area contributed by atoms with Crippen molar-refractivity contribution < 1.29 is 14.4 Å². The number of imide groups is 1. The second-order valence-corrected chi connectivity index (χ2v) is 8.12. The Morgan fingerprint density at radius 1 is 1.10 bits per heavy atom. The lowest BCUT2D eigenvalue weighted by Crippen LogP contribution is -2.45. The van der Waals surface area contributed by atoms with E-state index in [1.165, 1.54) is 5.56 Å². The molecule has 3 rings (SSSR count). The van der Waals surface area contributed by atoms with Crippen LogP contribution in [0.1, 0.15) is 50.7 Å². The highest BCUT2D eigenvalue weighted by atomic mass is 16.2. The van der Waals surface area contributed by atoms with Crippen LogP contribution in [0.5, 0.6) is 0 Å². The Kier molecular flexibility index (Phi) is 6.55. The summed E-state index contributed by atoms with van der Waals surface area (Å²) in [6.07, 6.45) is 2.17. The Labute approximate surface area is 177 Å². The molecule has 2 aromatic rings. The van der Waals surface area contributed by atoms with Gasteiger partial charge in [0.05, 0.1) is 0 Å². The molecular weight excluding hydrogens is 378 g/mol. The van der Waals surface area contributed by atoms with E-state index in [2.05, 4.69) is 24.5 Å². The van der Waals surface area contributed by atoms with Crippen LogP contribution >= 0.6 is 0 Å². The minimum atomic E-state index is -1.01. The summed E-state index contributed by atoms with van der Waals surface area (Å²) in [4.78, 5) is 38.7. The Bertz CT molecular complexity index is 911. The normalized spacial score (nSPS) is 19.5. The summed E-state index contributed by atoms with van der Waals surface area (Å²) in [7, 11) is 0. The Hall–Kier alpha value is -3.15. The minimum Gasteiger partial charge on any atom is -0.325 e. The van der Waals surface area contributed by atoms with Gasteiger partial charge in [0.15, 0.2) is 0 Å². The largest absolute Gasteiger partial charge is 0.325 e. The van der Waals surface area contributed by atoms with Crippen LogP contribution < -0.4 is 10.6 Å². The Morgan fingerprint density at radius 3 is 2.40 bits per heavy atom. The number of carbonyl (C=O) groups excluding carboxylic acids is 3. The van der Waals surface area contributed by atoms with E-state index >= 15 is 0 Å². The van der Waals surface area contributed by atoms with Crippen molar-refractivity contribution in [2.45, 2.75) is 51.5 Å². The molecule has 0 unspecified atom stereocenters. The van der Waals surface area contributed by atoms with Crippen molar-refractivity contribution in [3.05, 3.63) is 65.7 Å². The molecule has 2 aromatic carbocycles. The molecule has 0 aromatic heterocycles. The molecule has 6 heteroatoms. The van der Waals surface area contributed by atoms with E-state index in [4.69, 9.17) is 0 Å². The van der Waals surface area contributed by atoms with Crippen molar-refractivity contribution in [1.29, 1.82) is 0 Å². The molecular formula is C24H29N3O3. The fourth-order valence-corrected chi connectivity index (χ4v) is 3.57. The summed E-state index contributed by atoms with van der Waals surface area (Å²) in [5.74, 6) is -0.318. The summed E-state index contributed by atoms with van der Waals surface area (Å²) in [5.41, 5.74) is 1.94. The topological polar surface area (TPSA) is 78.5 Å². The van der Waals surface area contributed by atoms with Crippen LogP contribution in [-0.2, 0) is 16.0 Å². The van der Waals surface area contributed by atoms with E-state index in [9.17, 15) is 14.4 Å². The van der Waals surface area contributed by atoms with Crippen molar-refractivity contribution >= 4 is 23.5 Å². The number of urea groups is 1. The molecule has 2 N–H and O–H groups in total. The zero-order chi connectivity index (χ0) is 21.7. The number of anilines is 1. The maximum absolute atomic E-state index is 12.9. The third-order valence-corrected chi connectivity index (χ3v) is 5.78. The highest BCUT2D eigenvalue weighted by Crippen LogP contribution is 2.24. The quantitative estimate of drug-likeness (QED) is 0.647. The summed E-state index contributed by atoms with van der Waals surface area (Å²) >= 11 is 0. The number of nitrogens with zero attached hydrogens (tertiary/aromatic N) is 1. The molecule has 1 saturated heterocycles. The Morgan fingerprint density at radius 2 is 1.77 bits per heavy atom. The Balaban J connectivity index is 1.58. The van der Waals surface area contributed by atoms with Gasteiger partial charge in [0.2, 0.25) is 5.91 Å². The summed E-state index contributed by atoms with van der Waals surface area (Å²) < 4.78 is 0. The van der Waals surface area contributed by atoms with Gasteiger partial charge >= 0.3 is 6.03 Å². The van der Waals surface area contributed by atoms with Crippen LogP contribution in [0, 0.1) is 0 Å². The lowest BCUT2D eigenvalue weighted by atomic mass is 9.93. The number of amides is 4. The second kappa shape index (κ2) is 9.11. The number of hydrogen-bond acceptors (Lipinski definition) is 3. The zero-order valence-electron chi connectivity index (χ0n) is 17.8. The van der Waals surface area contributed by atoms with Gasteiger partial charge in [0.25, 0.3) is 5.91 Å². The third kappa shape index (κ3) is 4.87. The smallest absolute Gasteiger partial charge is 0.325 e. The molecule has 1 heterocycles. The molecule has 6 nitrogen and oxygen atoms in total. The first-order valence-electron chi connectivity index (χ1n) is 10.4. The van der Waals surface area contributed by atoms with Crippen LogP contribution in [0.2, 0.25) is 0 Å². The molecule has 1 aliphatic rings. The van der Waals surface area contributed by atoms with Gasteiger partial charge in [0.1, 0.15) is 12.1 Å². The van der Waals surface area contributed by atoms with Crippen LogP contribution in [0.25, 0.3) is 0 Å². The molecule has 1 aliphatic heterocycles. The number of benzene rings is 2. The zero-order valence-corrected chi connectivity index (χ0v) is 17.8. The number of nitrogens with one attached hydrogen (secondary N) is 2. The van der Waals surface area contributed by atoms with E-state index in [1.54, 1.807) is 6.92 Å². The van der Waals surface area contributed by atoms with E-state index in [1.807, 2.05) is 54.6 Å². The third-order valence-electron chi connectivity index (χ3n) is 5.78. The molecule has 0 saturated carbocycles. The highest BCUT2D eigenvalue weighted by Gasteiger charge is 2.47. The van der Waals surface area contributed by atoms with E-state index < -0.39 is 17.5 Å². The maximum atomic E-state index is 12.9. The van der Waals surface area contributed by atoms with Gasteiger partial charge in [-0.25, -0.2) is 4.79 Å². The first kappa shape index (κ1) is 21.6. The van der Waals surface area contributed by atoms with E-state index in [0.717, 1.165) is 16.9 Å². The number of hydrogen-bond donors (Lipinski definition) is 2. The van der Waals surface area contributed by atoms with Crippen molar-refractivity contribution in [2.24, 2.45) is 0 Å². The van der Waals surface area contributed by atoms with Gasteiger partial charge in [-0.15, -0.1) is 0 Å². The van der Waals surface area contributed by atoms with Gasteiger partial charge in [-0.1, -0.05) is 56.3 Å². The molecule has 0 bridgehead atoms. The fourth-order valence-electron chi connectivity index (χ4n) is 3.57. The van der Waals surface area contributed by atoms with Crippen LogP contribution in [0.15, 0.2) is 54.6 Å². The highest BCUT2D eigenvalue weighted by molar-refractivity contribution is 6.09. The van der Waals surface area contributed by atoms with E-state index in [-0.39, 0.29) is 12.5 Å². The molecule has 158 valence electrons. The summed E-state index contributed by atoms with van der Waals surface area (Å²) in [5, 5.41) is 5.52. The van der Waals surface area contributed by atoms with Crippen molar-refractivity contribution in [3.8, 4) is 0 Å². The molecule has 4 amide bonds. The first-order chi connectivity index (χ1) is 14.3. The fraction of sp³-hybridized carbons (Fsp3) is 0.375. The predicted molar refractivity (Wildman–Crippen MR) is 117 cm³/mol. The van der Waals surface area contributed by atoms with Gasteiger partial charge in [-0.2, -0.15) is 0 Å². The van der Waals surface area contributed by atoms with E-state index in [0.29, 0.717) is 24.4 Å². The van der Waals surface area contributed by atoms with Gasteiger partial charge in [0, 0.05) is 5.69 Å². The lowest BCUT2D eigenvalue weighted by molar-refractivity contribution is -0.133. The minimum absolute atomic E-state index is 0.307. The second-order valence-electron chi connectivity index (χ2n) is 8.12. The van der Waals surface area contributed by atoms with Gasteiger partial charge in [-0.05, 0) is 55.4 Å². The first-order valence-corrected chi connectivity index (χ1v) is 10.4. The standard InChI is InChI=1S/C24H29N3O3/c1-4-17(2)19-10-12-20(13-11-19)25-21(28)16-27-22(29)24(3,26-23(27)30)15-14-18-8-6-5-7-9-18/h5-13,17H,4,14-16H2,1-3H3,(H,25,28)(H,26,30)/t17-,24+/m1/s1.